The van der Waals surface area contributed by atoms with Gasteiger partial charge >= 0.3 is 0 Å². The third-order valence-corrected chi connectivity index (χ3v) is 0. The van der Waals surface area contributed by atoms with Crippen molar-refractivity contribution in [1.29, 1.82) is 0 Å². The summed E-state index contributed by atoms with van der Waals surface area (Å²) in [5, 5.41) is 7.00. The van der Waals surface area contributed by atoms with Gasteiger partial charge in [-0.2, -0.15) is 13.5 Å². The third kappa shape index (κ3) is 50.2. The number of aliphatic hydroxyl groups excluding tert-OH is 1. The molecule has 0 aromatic heterocycles. The van der Waals surface area contributed by atoms with Gasteiger partial charge in [-0.25, -0.2) is 0 Å². The lowest BCUT2D eigenvalue weighted by atomic mass is 11.8. The minimum absolute atomic E-state index is 0. The Hall–Kier alpha value is 0.270. The molecule has 0 unspecified atom stereocenters. The normalized spacial score (nSPS) is 1.50. The summed E-state index contributed by atoms with van der Waals surface area (Å²) < 4.78 is 0. The van der Waals surface area contributed by atoms with Crippen LogP contribution in [-0.4, -0.2) is 17.7 Å². The first-order valence-electron chi connectivity index (χ1n) is 0.447. The molecule has 0 saturated heterocycles. The molecule has 0 amide bonds. The van der Waals surface area contributed by atoms with Crippen LogP contribution in [0.2, 0.25) is 0 Å². The van der Waals surface area contributed by atoms with Gasteiger partial charge in [-0.05, 0) is 0 Å². The van der Waals surface area contributed by atoms with E-state index in [2.05, 4.69) is 0 Å². The molecule has 4 heavy (non-hydrogen) atoms. The lowest BCUT2D eigenvalue weighted by molar-refractivity contribution is 0.399. The summed E-state index contributed by atoms with van der Waals surface area (Å²) in [6, 6.07) is 0. The standard InChI is InChI=1S/CH4O.H2O.H2S/c1-2;;/h2H,1H3;2*1H2. The average Bonchev–Trinajstić information content (AvgIpc) is 1.00. The molecule has 0 radical (unpaired) electrons. The van der Waals surface area contributed by atoms with Crippen molar-refractivity contribution in [2.45, 2.75) is 0 Å². The molecule has 0 rings (SSSR count). The Morgan fingerprint density at radius 3 is 1.25 bits per heavy atom. The van der Waals surface area contributed by atoms with Crippen LogP contribution in [0, 0.1) is 0 Å². The van der Waals surface area contributed by atoms with E-state index < -0.39 is 0 Å². The van der Waals surface area contributed by atoms with E-state index in [1.54, 1.807) is 0 Å². The fraction of sp³-hybridized carbons (Fsp3) is 1.00. The van der Waals surface area contributed by atoms with Gasteiger partial charge in [0.2, 0.25) is 0 Å². The van der Waals surface area contributed by atoms with E-state index in [4.69, 9.17) is 5.11 Å². The van der Waals surface area contributed by atoms with E-state index >= 15 is 0 Å². The summed E-state index contributed by atoms with van der Waals surface area (Å²) in [7, 11) is 1.00. The van der Waals surface area contributed by atoms with Crippen molar-refractivity contribution in [3.8, 4) is 0 Å². The van der Waals surface area contributed by atoms with E-state index in [1.165, 1.54) is 0 Å². The van der Waals surface area contributed by atoms with Gasteiger partial charge in [0.05, 0.1) is 0 Å². The van der Waals surface area contributed by atoms with Gasteiger partial charge in [0.15, 0.2) is 0 Å². The molecule has 3 N–H and O–H groups in total. The van der Waals surface area contributed by atoms with Crippen molar-refractivity contribution in [2.24, 2.45) is 0 Å². The Morgan fingerprint density at radius 1 is 1.25 bits per heavy atom. The Labute approximate surface area is 32.2 Å². The summed E-state index contributed by atoms with van der Waals surface area (Å²) in [4.78, 5) is 0. The van der Waals surface area contributed by atoms with Crippen molar-refractivity contribution in [1.82, 2.24) is 0 Å². The second-order valence-corrected chi connectivity index (χ2v) is 0. The predicted molar refractivity (Wildman–Crippen MR) is 22.1 cm³/mol. The first-order chi connectivity index (χ1) is 1.00. The van der Waals surface area contributed by atoms with Gasteiger partial charge in [-0.15, -0.1) is 0 Å². The first kappa shape index (κ1) is 28.3. The summed E-state index contributed by atoms with van der Waals surface area (Å²) in [5.74, 6) is 0. The van der Waals surface area contributed by atoms with E-state index in [9.17, 15) is 0 Å². The fourth-order valence-corrected chi connectivity index (χ4v) is 0. The summed E-state index contributed by atoms with van der Waals surface area (Å²) in [6.07, 6.45) is 0. The van der Waals surface area contributed by atoms with Crippen molar-refractivity contribution in [3.63, 3.8) is 0 Å². The second kappa shape index (κ2) is 231. The predicted octanol–water partition coefficient (Wildman–Crippen LogP) is -1.10. The van der Waals surface area contributed by atoms with Crippen LogP contribution in [0.25, 0.3) is 0 Å². The van der Waals surface area contributed by atoms with Crippen LogP contribution in [0.4, 0.5) is 0 Å². The molecule has 3 heteroatoms. The van der Waals surface area contributed by atoms with E-state index in [-0.39, 0.29) is 19.0 Å². The molecule has 0 fully saturated rings. The molecular formula is CH8O2S. The third-order valence-electron chi connectivity index (χ3n) is 0. The molecule has 2 nitrogen and oxygen atoms in total. The molecule has 0 saturated carbocycles. The van der Waals surface area contributed by atoms with Crippen LogP contribution < -0.4 is 0 Å². The molecule has 0 bridgehead atoms. The molecule has 0 atom stereocenters. The van der Waals surface area contributed by atoms with Gasteiger partial charge in [-0.3, -0.25) is 0 Å². The maximum atomic E-state index is 7.00. The van der Waals surface area contributed by atoms with Crippen LogP contribution in [0.15, 0.2) is 0 Å². The SMILES string of the molecule is CO.O.S. The molecule has 30 valence electrons. The summed E-state index contributed by atoms with van der Waals surface area (Å²) in [5.41, 5.74) is 0. The minimum atomic E-state index is 0. The highest BCUT2D eigenvalue weighted by atomic mass is 32.1. The second-order valence-electron chi connectivity index (χ2n) is 0. The number of rotatable bonds is 0. The molecular weight excluding hydrogens is 76.1 g/mol. The van der Waals surface area contributed by atoms with Gasteiger partial charge in [0.25, 0.3) is 0 Å². The van der Waals surface area contributed by atoms with Gasteiger partial charge in [-0.1, -0.05) is 0 Å². The highest BCUT2D eigenvalue weighted by molar-refractivity contribution is 7.59. The Morgan fingerprint density at radius 2 is 1.25 bits per heavy atom. The Kier molecular flexibility index (Phi) is 1640. The minimum Gasteiger partial charge on any atom is -0.412 e. The quantitative estimate of drug-likeness (QED) is 0.398. The average molecular weight is 84.1 g/mol. The van der Waals surface area contributed by atoms with Gasteiger partial charge in [0.1, 0.15) is 0 Å². The molecule has 0 aromatic carbocycles. The number of hydrogen-bond donors (Lipinski definition) is 1. The van der Waals surface area contributed by atoms with Crippen LogP contribution in [0.3, 0.4) is 0 Å². The maximum absolute atomic E-state index is 7.00. The Balaban J connectivity index is -0.00000000500. The van der Waals surface area contributed by atoms with E-state index in [0.717, 1.165) is 7.11 Å². The lowest BCUT2D eigenvalue weighted by Crippen LogP contribution is -1.25. The van der Waals surface area contributed by atoms with Gasteiger partial charge < -0.3 is 10.6 Å². The van der Waals surface area contributed by atoms with Crippen LogP contribution >= 0.6 is 13.5 Å². The van der Waals surface area contributed by atoms with E-state index in [0.29, 0.717) is 0 Å². The first-order valence-corrected chi connectivity index (χ1v) is 0.447. The summed E-state index contributed by atoms with van der Waals surface area (Å²) >= 11 is 0. The largest absolute Gasteiger partial charge is 0.412 e. The topological polar surface area (TPSA) is 51.7 Å². The van der Waals surface area contributed by atoms with Crippen molar-refractivity contribution in [3.05, 3.63) is 0 Å². The van der Waals surface area contributed by atoms with Gasteiger partial charge in [0, 0.05) is 7.11 Å². The number of aliphatic hydroxyl groups is 1. The molecule has 0 heterocycles. The lowest BCUT2D eigenvalue weighted by Gasteiger charge is -1.21. The smallest absolute Gasteiger partial charge is 0.0319 e. The maximum Gasteiger partial charge on any atom is 0.0319 e. The zero-order chi connectivity index (χ0) is 2.00. The zero-order valence-corrected chi connectivity index (χ0v) is 3.45. The molecule has 0 aliphatic carbocycles. The van der Waals surface area contributed by atoms with Crippen LogP contribution in [-0.2, 0) is 0 Å². The van der Waals surface area contributed by atoms with E-state index in [1.807, 2.05) is 0 Å². The van der Waals surface area contributed by atoms with Crippen molar-refractivity contribution in [2.75, 3.05) is 7.11 Å². The van der Waals surface area contributed by atoms with Crippen LogP contribution in [0.1, 0.15) is 0 Å². The molecule has 0 aliphatic heterocycles. The molecule has 0 aliphatic rings. The molecule has 0 spiro atoms. The zero-order valence-electron chi connectivity index (χ0n) is 2.45. The molecule has 0 aromatic rings. The highest BCUT2D eigenvalue weighted by Crippen LogP contribution is 0.755. The highest BCUT2D eigenvalue weighted by Gasteiger charge is 0.839. The van der Waals surface area contributed by atoms with Crippen LogP contribution in [0.5, 0.6) is 0 Å². The van der Waals surface area contributed by atoms with Crippen molar-refractivity contribution < 1.29 is 10.6 Å². The summed E-state index contributed by atoms with van der Waals surface area (Å²) in [6.45, 7) is 0. The van der Waals surface area contributed by atoms with Crippen molar-refractivity contribution >= 4 is 13.5 Å². The number of hydrogen-bond acceptors (Lipinski definition) is 1. The fourth-order valence-electron chi connectivity index (χ4n) is 0. The monoisotopic (exact) mass is 84.0 g/mol. The Bertz CT molecular complexity index is 6.00.